The number of carbonyl (C=O) groups is 1. The fraction of sp³-hybridized carbons (Fsp3) is 0.667. The van der Waals surface area contributed by atoms with Gasteiger partial charge in [-0.1, -0.05) is 9.24 Å². The van der Waals surface area contributed by atoms with Crippen LogP contribution < -0.4 is 5.73 Å². The number of hydrogen-bond donors (Lipinski definition) is 1. The van der Waals surface area contributed by atoms with E-state index < -0.39 is 0 Å². The first-order valence-corrected chi connectivity index (χ1v) is 2.68. The van der Waals surface area contributed by atoms with Crippen LogP contribution >= 0.6 is 9.24 Å². The van der Waals surface area contributed by atoms with E-state index in [4.69, 9.17) is 5.73 Å². The standard InChI is InChI=1S/C3H8NO2P/c4-1-3(5)6-2-7/h1-2,4,7H2. The zero-order chi connectivity index (χ0) is 5.70. The molecule has 0 amide bonds. The molecular weight excluding hydrogens is 113 g/mol. The molecule has 0 bridgehead atoms. The molecular formula is C3H8NO2P. The summed E-state index contributed by atoms with van der Waals surface area (Å²) in [5, 5.41) is 0. The van der Waals surface area contributed by atoms with Gasteiger partial charge in [0.25, 0.3) is 0 Å². The molecule has 0 aliphatic heterocycles. The van der Waals surface area contributed by atoms with Gasteiger partial charge in [0.15, 0.2) is 0 Å². The summed E-state index contributed by atoms with van der Waals surface area (Å²) in [6.45, 7) is -0.0333. The normalized spacial score (nSPS) is 8.29. The van der Waals surface area contributed by atoms with Gasteiger partial charge in [-0.3, -0.25) is 4.79 Å². The SMILES string of the molecule is NCC(=O)OCP. The molecule has 0 spiro atoms. The van der Waals surface area contributed by atoms with Crippen LogP contribution in [0.2, 0.25) is 0 Å². The van der Waals surface area contributed by atoms with E-state index in [1.54, 1.807) is 0 Å². The number of ether oxygens (including phenoxy) is 1. The number of esters is 1. The molecule has 0 fully saturated rings. The van der Waals surface area contributed by atoms with Crippen LogP contribution in [-0.2, 0) is 9.53 Å². The third-order valence-electron chi connectivity index (χ3n) is 0.411. The van der Waals surface area contributed by atoms with E-state index in [0.29, 0.717) is 6.35 Å². The van der Waals surface area contributed by atoms with Crippen molar-refractivity contribution >= 4 is 15.2 Å². The number of carbonyl (C=O) groups excluding carboxylic acids is 1. The summed E-state index contributed by atoms with van der Waals surface area (Å²) < 4.78 is 4.39. The van der Waals surface area contributed by atoms with Gasteiger partial charge in [0, 0.05) is 0 Å². The minimum atomic E-state index is -0.366. The summed E-state index contributed by atoms with van der Waals surface area (Å²) in [5.74, 6) is -0.366. The molecule has 0 aromatic heterocycles. The molecule has 0 aromatic rings. The minimum absolute atomic E-state index is 0.0333. The molecule has 7 heavy (non-hydrogen) atoms. The van der Waals surface area contributed by atoms with Crippen molar-refractivity contribution in [2.45, 2.75) is 0 Å². The zero-order valence-corrected chi connectivity index (χ0v) is 5.04. The molecule has 0 aliphatic rings. The molecule has 2 N–H and O–H groups in total. The number of nitrogens with two attached hydrogens (primary N) is 1. The lowest BCUT2D eigenvalue weighted by Crippen LogP contribution is -2.15. The van der Waals surface area contributed by atoms with E-state index in [-0.39, 0.29) is 12.5 Å². The van der Waals surface area contributed by atoms with Crippen LogP contribution in [0.3, 0.4) is 0 Å². The van der Waals surface area contributed by atoms with Crippen LogP contribution in [0.1, 0.15) is 0 Å². The average Bonchev–Trinajstić information content (AvgIpc) is 1.68. The van der Waals surface area contributed by atoms with Crippen molar-refractivity contribution in [2.24, 2.45) is 5.73 Å². The van der Waals surface area contributed by atoms with Gasteiger partial charge in [-0.2, -0.15) is 0 Å². The van der Waals surface area contributed by atoms with E-state index in [0.717, 1.165) is 0 Å². The highest BCUT2D eigenvalue weighted by molar-refractivity contribution is 7.16. The van der Waals surface area contributed by atoms with Crippen molar-refractivity contribution in [3.05, 3.63) is 0 Å². The Morgan fingerprint density at radius 1 is 1.86 bits per heavy atom. The Hall–Kier alpha value is -0.140. The Balaban J connectivity index is 3.00. The van der Waals surface area contributed by atoms with Crippen molar-refractivity contribution in [3.8, 4) is 0 Å². The largest absolute Gasteiger partial charge is 0.461 e. The van der Waals surface area contributed by atoms with E-state index in [2.05, 4.69) is 14.0 Å². The Bertz CT molecular complexity index is 66.0. The fourth-order valence-corrected chi connectivity index (χ4v) is 0.338. The highest BCUT2D eigenvalue weighted by atomic mass is 31.0. The molecule has 0 aromatic carbocycles. The van der Waals surface area contributed by atoms with Crippen molar-refractivity contribution in [2.75, 3.05) is 12.9 Å². The molecule has 0 rings (SSSR count). The Morgan fingerprint density at radius 3 is 2.57 bits per heavy atom. The van der Waals surface area contributed by atoms with Crippen molar-refractivity contribution in [3.63, 3.8) is 0 Å². The lowest BCUT2D eigenvalue weighted by molar-refractivity contribution is -0.139. The van der Waals surface area contributed by atoms with Gasteiger partial charge in [0.2, 0.25) is 0 Å². The van der Waals surface area contributed by atoms with Crippen LogP contribution in [-0.4, -0.2) is 18.9 Å². The topological polar surface area (TPSA) is 52.3 Å². The van der Waals surface area contributed by atoms with E-state index in [1.165, 1.54) is 0 Å². The molecule has 42 valence electrons. The number of hydrogen-bond acceptors (Lipinski definition) is 3. The van der Waals surface area contributed by atoms with Crippen LogP contribution in [0, 0.1) is 0 Å². The first-order valence-electron chi connectivity index (χ1n) is 1.87. The Morgan fingerprint density at radius 2 is 2.43 bits per heavy atom. The third kappa shape index (κ3) is 3.70. The van der Waals surface area contributed by atoms with Gasteiger partial charge in [-0.05, 0) is 0 Å². The summed E-state index contributed by atoms with van der Waals surface area (Å²) in [6, 6.07) is 0. The smallest absolute Gasteiger partial charge is 0.320 e. The lowest BCUT2D eigenvalue weighted by Gasteiger charge is -1.93. The summed E-state index contributed by atoms with van der Waals surface area (Å²) in [7, 11) is 2.25. The first-order chi connectivity index (χ1) is 3.31. The van der Waals surface area contributed by atoms with Crippen LogP contribution in [0.4, 0.5) is 0 Å². The summed E-state index contributed by atoms with van der Waals surface area (Å²) in [5.41, 5.74) is 4.87. The molecule has 0 saturated carbocycles. The maximum absolute atomic E-state index is 10.1. The maximum atomic E-state index is 10.1. The molecule has 4 heteroatoms. The van der Waals surface area contributed by atoms with E-state index in [9.17, 15) is 4.79 Å². The predicted octanol–water partition coefficient (Wildman–Crippen LogP) is -0.679. The lowest BCUT2D eigenvalue weighted by atomic mass is 10.7. The summed E-state index contributed by atoms with van der Waals surface area (Å²) in [6.07, 6.45) is 0.329. The fourth-order valence-electron chi connectivity index (χ4n) is 0.152. The second-order valence-corrected chi connectivity index (χ2v) is 1.22. The minimum Gasteiger partial charge on any atom is -0.461 e. The zero-order valence-electron chi connectivity index (χ0n) is 3.89. The molecule has 0 radical (unpaired) electrons. The molecule has 3 nitrogen and oxygen atoms in total. The predicted molar refractivity (Wildman–Crippen MR) is 29.7 cm³/mol. The Labute approximate surface area is 44.4 Å². The quantitative estimate of drug-likeness (QED) is 0.389. The molecule has 1 unspecified atom stereocenters. The van der Waals surface area contributed by atoms with Gasteiger partial charge in [-0.15, -0.1) is 0 Å². The van der Waals surface area contributed by atoms with Gasteiger partial charge in [0.1, 0.15) is 6.35 Å². The molecule has 0 heterocycles. The highest BCUT2D eigenvalue weighted by Gasteiger charge is 1.91. The van der Waals surface area contributed by atoms with E-state index in [1.807, 2.05) is 0 Å². The maximum Gasteiger partial charge on any atom is 0.320 e. The first kappa shape index (κ1) is 6.86. The van der Waals surface area contributed by atoms with Gasteiger partial charge >= 0.3 is 5.97 Å². The molecule has 1 atom stereocenters. The van der Waals surface area contributed by atoms with Crippen LogP contribution in [0.15, 0.2) is 0 Å². The second kappa shape index (κ2) is 4.03. The van der Waals surface area contributed by atoms with Crippen LogP contribution in [0.25, 0.3) is 0 Å². The highest BCUT2D eigenvalue weighted by Crippen LogP contribution is 1.81. The van der Waals surface area contributed by atoms with Gasteiger partial charge < -0.3 is 10.5 Å². The van der Waals surface area contributed by atoms with E-state index >= 15 is 0 Å². The summed E-state index contributed by atoms with van der Waals surface area (Å²) >= 11 is 0. The molecule has 0 saturated heterocycles. The average molecular weight is 121 g/mol. The number of rotatable bonds is 2. The Kier molecular flexibility index (Phi) is 3.95. The second-order valence-electron chi connectivity index (χ2n) is 0.887. The summed E-state index contributed by atoms with van der Waals surface area (Å²) in [4.78, 5) is 10.1. The third-order valence-corrected chi connectivity index (χ3v) is 0.578. The van der Waals surface area contributed by atoms with Crippen molar-refractivity contribution in [1.29, 1.82) is 0 Å². The van der Waals surface area contributed by atoms with Crippen LogP contribution in [0.5, 0.6) is 0 Å². The molecule has 0 aliphatic carbocycles. The van der Waals surface area contributed by atoms with Gasteiger partial charge in [0.05, 0.1) is 6.54 Å². The monoisotopic (exact) mass is 121 g/mol. The van der Waals surface area contributed by atoms with Gasteiger partial charge in [-0.25, -0.2) is 0 Å². The van der Waals surface area contributed by atoms with Crippen molar-refractivity contribution in [1.82, 2.24) is 0 Å². The van der Waals surface area contributed by atoms with Crippen molar-refractivity contribution < 1.29 is 9.53 Å².